The van der Waals surface area contributed by atoms with Gasteiger partial charge in [0.2, 0.25) is 5.91 Å². The molecule has 3 N–H and O–H groups in total. The monoisotopic (exact) mass is 376 g/mol. The summed E-state index contributed by atoms with van der Waals surface area (Å²) in [5, 5.41) is 2.47. The van der Waals surface area contributed by atoms with Crippen molar-refractivity contribution in [3.8, 4) is 0 Å². The SMILES string of the molecule is NC1CCC(NC(=O)C(Sc2ccc(F)cc2F)c2ccccc2)CC1. The molecule has 2 aromatic rings. The zero-order valence-electron chi connectivity index (χ0n) is 14.3. The van der Waals surface area contributed by atoms with Gasteiger partial charge in [0.15, 0.2) is 0 Å². The molecule has 26 heavy (non-hydrogen) atoms. The highest BCUT2D eigenvalue weighted by molar-refractivity contribution is 8.00. The molecule has 0 heterocycles. The van der Waals surface area contributed by atoms with Crippen molar-refractivity contribution in [1.29, 1.82) is 0 Å². The van der Waals surface area contributed by atoms with E-state index in [4.69, 9.17) is 5.73 Å². The van der Waals surface area contributed by atoms with E-state index in [-0.39, 0.29) is 22.9 Å². The minimum absolute atomic E-state index is 0.0900. The second-order valence-corrected chi connectivity index (χ2v) is 7.75. The van der Waals surface area contributed by atoms with Gasteiger partial charge in [-0.3, -0.25) is 4.79 Å². The molecule has 1 saturated carbocycles. The van der Waals surface area contributed by atoms with Crippen molar-refractivity contribution in [2.24, 2.45) is 5.73 Å². The van der Waals surface area contributed by atoms with Gasteiger partial charge >= 0.3 is 0 Å². The third kappa shape index (κ3) is 4.83. The summed E-state index contributed by atoms with van der Waals surface area (Å²) >= 11 is 1.10. The minimum Gasteiger partial charge on any atom is -0.352 e. The molecule has 3 rings (SSSR count). The van der Waals surface area contributed by atoms with Crippen LogP contribution in [0.2, 0.25) is 0 Å². The number of benzene rings is 2. The number of nitrogens with one attached hydrogen (secondary N) is 1. The first-order valence-corrected chi connectivity index (χ1v) is 9.63. The third-order valence-electron chi connectivity index (χ3n) is 4.60. The Morgan fingerprint density at radius 3 is 2.42 bits per heavy atom. The molecule has 3 nitrogen and oxygen atoms in total. The highest BCUT2D eigenvalue weighted by atomic mass is 32.2. The van der Waals surface area contributed by atoms with Crippen LogP contribution in [0.5, 0.6) is 0 Å². The Bertz CT molecular complexity index is 749. The van der Waals surface area contributed by atoms with Crippen LogP contribution in [-0.4, -0.2) is 18.0 Å². The summed E-state index contributed by atoms with van der Waals surface area (Å²) in [6, 6.07) is 12.9. The summed E-state index contributed by atoms with van der Waals surface area (Å²) in [6.07, 6.45) is 3.48. The van der Waals surface area contributed by atoms with Gasteiger partial charge in [0.25, 0.3) is 0 Å². The van der Waals surface area contributed by atoms with E-state index in [1.54, 1.807) is 0 Å². The summed E-state index contributed by atoms with van der Waals surface area (Å²) in [6.45, 7) is 0. The molecule has 6 heteroatoms. The minimum atomic E-state index is -0.660. The smallest absolute Gasteiger partial charge is 0.238 e. The van der Waals surface area contributed by atoms with Crippen LogP contribution in [0, 0.1) is 11.6 Å². The molecule has 138 valence electrons. The van der Waals surface area contributed by atoms with E-state index in [1.165, 1.54) is 12.1 Å². The van der Waals surface area contributed by atoms with E-state index in [9.17, 15) is 13.6 Å². The first-order chi connectivity index (χ1) is 12.5. The van der Waals surface area contributed by atoms with Gasteiger partial charge in [-0.05, 0) is 43.4 Å². The topological polar surface area (TPSA) is 55.1 Å². The quantitative estimate of drug-likeness (QED) is 0.770. The lowest BCUT2D eigenvalue weighted by Gasteiger charge is -2.28. The van der Waals surface area contributed by atoms with Crippen molar-refractivity contribution in [2.75, 3.05) is 0 Å². The molecule has 0 aliphatic heterocycles. The van der Waals surface area contributed by atoms with Crippen molar-refractivity contribution < 1.29 is 13.6 Å². The number of nitrogens with two attached hydrogens (primary N) is 1. The van der Waals surface area contributed by atoms with E-state index in [0.717, 1.165) is 49.1 Å². The van der Waals surface area contributed by atoms with Crippen LogP contribution < -0.4 is 11.1 Å². The molecule has 1 amide bonds. The predicted molar refractivity (Wildman–Crippen MR) is 99.8 cm³/mol. The molecular formula is C20H22F2N2OS. The van der Waals surface area contributed by atoms with Gasteiger partial charge in [0, 0.05) is 23.0 Å². The Labute approximate surface area is 156 Å². The summed E-state index contributed by atoms with van der Waals surface area (Å²) in [5.74, 6) is -1.45. The number of hydrogen-bond acceptors (Lipinski definition) is 3. The Morgan fingerprint density at radius 2 is 1.77 bits per heavy atom. The van der Waals surface area contributed by atoms with Crippen LogP contribution in [0.4, 0.5) is 8.78 Å². The molecule has 2 aromatic carbocycles. The number of hydrogen-bond donors (Lipinski definition) is 2. The van der Waals surface area contributed by atoms with E-state index in [2.05, 4.69) is 5.32 Å². The zero-order chi connectivity index (χ0) is 18.5. The molecular weight excluding hydrogens is 354 g/mol. The standard InChI is InChI=1S/C20H22F2N2OS/c21-14-6-11-18(17(22)12-14)26-19(13-4-2-1-3-5-13)20(25)24-16-9-7-15(23)8-10-16/h1-6,11-12,15-16,19H,7-10,23H2,(H,24,25). The maximum Gasteiger partial charge on any atom is 0.238 e. The molecule has 1 aliphatic rings. The van der Waals surface area contributed by atoms with Crippen molar-refractivity contribution in [1.82, 2.24) is 5.32 Å². The lowest BCUT2D eigenvalue weighted by Crippen LogP contribution is -2.42. The molecule has 0 saturated heterocycles. The van der Waals surface area contributed by atoms with Gasteiger partial charge in [-0.25, -0.2) is 8.78 Å². The first kappa shape index (κ1) is 18.9. The molecule has 0 bridgehead atoms. The number of rotatable bonds is 5. The van der Waals surface area contributed by atoms with Crippen molar-refractivity contribution in [3.63, 3.8) is 0 Å². The van der Waals surface area contributed by atoms with Gasteiger partial charge in [0.1, 0.15) is 16.9 Å². The Balaban J connectivity index is 1.78. The van der Waals surface area contributed by atoms with E-state index >= 15 is 0 Å². The second kappa shape index (κ2) is 8.64. The predicted octanol–water partition coefficient (Wildman–Crippen LogP) is 4.18. The number of thioether (sulfide) groups is 1. The fourth-order valence-corrected chi connectivity index (χ4v) is 4.18. The highest BCUT2D eigenvalue weighted by Crippen LogP contribution is 2.37. The fourth-order valence-electron chi connectivity index (χ4n) is 3.14. The number of halogens is 2. The van der Waals surface area contributed by atoms with Gasteiger partial charge in [-0.2, -0.15) is 0 Å². The van der Waals surface area contributed by atoms with Crippen molar-refractivity contribution in [3.05, 3.63) is 65.7 Å². The van der Waals surface area contributed by atoms with Gasteiger partial charge in [-0.15, -0.1) is 11.8 Å². The molecule has 1 fully saturated rings. The largest absolute Gasteiger partial charge is 0.352 e. The fraction of sp³-hybridized carbons (Fsp3) is 0.350. The van der Waals surface area contributed by atoms with Crippen LogP contribution in [-0.2, 0) is 4.79 Å². The lowest BCUT2D eigenvalue weighted by atomic mass is 9.91. The van der Waals surface area contributed by atoms with Gasteiger partial charge in [0.05, 0.1) is 0 Å². The zero-order valence-corrected chi connectivity index (χ0v) is 15.1. The molecule has 0 radical (unpaired) electrons. The average molecular weight is 376 g/mol. The third-order valence-corrected chi connectivity index (χ3v) is 5.90. The number of carbonyl (C=O) groups excluding carboxylic acids is 1. The Kier molecular flexibility index (Phi) is 6.27. The summed E-state index contributed by atoms with van der Waals surface area (Å²) in [7, 11) is 0. The van der Waals surface area contributed by atoms with Crippen molar-refractivity contribution >= 4 is 17.7 Å². The van der Waals surface area contributed by atoms with Crippen LogP contribution >= 0.6 is 11.8 Å². The summed E-state index contributed by atoms with van der Waals surface area (Å²) < 4.78 is 27.3. The van der Waals surface area contributed by atoms with Crippen molar-refractivity contribution in [2.45, 2.75) is 47.9 Å². The maximum absolute atomic E-state index is 14.1. The van der Waals surface area contributed by atoms with E-state index < -0.39 is 16.9 Å². The Hall–Kier alpha value is -1.92. The molecule has 0 spiro atoms. The number of amides is 1. The van der Waals surface area contributed by atoms with Crippen LogP contribution in [0.25, 0.3) is 0 Å². The van der Waals surface area contributed by atoms with Crippen LogP contribution in [0.1, 0.15) is 36.5 Å². The first-order valence-electron chi connectivity index (χ1n) is 8.75. The second-order valence-electron chi connectivity index (χ2n) is 6.60. The maximum atomic E-state index is 14.1. The molecule has 0 aromatic heterocycles. The van der Waals surface area contributed by atoms with E-state index in [0.29, 0.717) is 0 Å². The average Bonchev–Trinajstić information content (AvgIpc) is 2.63. The lowest BCUT2D eigenvalue weighted by molar-refractivity contribution is -0.121. The summed E-state index contributed by atoms with van der Waals surface area (Å²) in [5.41, 5.74) is 6.70. The highest BCUT2D eigenvalue weighted by Gasteiger charge is 2.27. The molecule has 1 unspecified atom stereocenters. The number of carbonyl (C=O) groups is 1. The van der Waals surface area contributed by atoms with Gasteiger partial charge < -0.3 is 11.1 Å². The Morgan fingerprint density at radius 1 is 1.08 bits per heavy atom. The van der Waals surface area contributed by atoms with Crippen LogP contribution in [0.15, 0.2) is 53.4 Å². The molecule has 1 atom stereocenters. The normalized spacial score (nSPS) is 21.2. The summed E-state index contributed by atoms with van der Waals surface area (Å²) in [4.78, 5) is 13.2. The van der Waals surface area contributed by atoms with Crippen LogP contribution in [0.3, 0.4) is 0 Å². The van der Waals surface area contributed by atoms with Gasteiger partial charge in [-0.1, -0.05) is 30.3 Å². The molecule has 1 aliphatic carbocycles. The van der Waals surface area contributed by atoms with E-state index in [1.807, 2.05) is 30.3 Å².